The van der Waals surface area contributed by atoms with Gasteiger partial charge in [0.25, 0.3) is 5.91 Å². The lowest BCUT2D eigenvalue weighted by Crippen LogP contribution is -2.52. The number of nitrogens with two attached hydrogens (primary N) is 1. The number of carbonyl (C=O) groups excluding carboxylic acids is 1. The van der Waals surface area contributed by atoms with Crippen molar-refractivity contribution in [1.82, 2.24) is 14.7 Å². The molecule has 1 atom stereocenters. The topological polar surface area (TPSA) is 90.9 Å². The van der Waals surface area contributed by atoms with Crippen molar-refractivity contribution in [2.75, 3.05) is 13.2 Å². The highest BCUT2D eigenvalue weighted by Gasteiger charge is 2.25. The van der Waals surface area contributed by atoms with Crippen LogP contribution in [0, 0.1) is 37.1 Å². The van der Waals surface area contributed by atoms with E-state index >= 15 is 0 Å². The maximum absolute atomic E-state index is 14.0. The van der Waals surface area contributed by atoms with Crippen LogP contribution in [0.15, 0.2) is 48.7 Å². The average Bonchev–Trinajstić information content (AvgIpc) is 3.18. The van der Waals surface area contributed by atoms with Crippen molar-refractivity contribution in [2.45, 2.75) is 32.9 Å². The molecule has 0 radical (unpaired) electrons. The standard InChI is InChI=1S/C27H26F4N4O3/c1-15-9-23(37-12-18-19(28)5-4-6-20(18)29)25-34-16(2)24(35(25)11-15)26(36)33-13-27(3,32)14-38-17-7-8-21(30)22(31)10-17/h4-11H,12-14,32H2,1-3H3,(H,33,36). The van der Waals surface area contributed by atoms with Gasteiger partial charge >= 0.3 is 0 Å². The number of imidazole rings is 1. The molecule has 4 rings (SSSR count). The van der Waals surface area contributed by atoms with Gasteiger partial charge in [-0.05, 0) is 56.7 Å². The number of hydrogen-bond acceptors (Lipinski definition) is 5. The Morgan fingerprint density at radius 2 is 1.74 bits per heavy atom. The van der Waals surface area contributed by atoms with E-state index in [2.05, 4.69) is 10.3 Å². The van der Waals surface area contributed by atoms with Crippen LogP contribution in [-0.2, 0) is 6.61 Å². The Balaban J connectivity index is 1.48. The first-order valence-electron chi connectivity index (χ1n) is 11.6. The van der Waals surface area contributed by atoms with Crippen LogP contribution in [-0.4, -0.2) is 34.0 Å². The zero-order valence-electron chi connectivity index (χ0n) is 20.9. The Labute approximate surface area is 216 Å². The molecular weight excluding hydrogens is 504 g/mol. The first kappa shape index (κ1) is 26.9. The highest BCUT2D eigenvalue weighted by molar-refractivity contribution is 5.95. The molecule has 0 bridgehead atoms. The molecule has 2 aromatic heterocycles. The summed E-state index contributed by atoms with van der Waals surface area (Å²) < 4.78 is 67.3. The molecule has 1 unspecified atom stereocenters. The van der Waals surface area contributed by atoms with Crippen molar-refractivity contribution in [3.8, 4) is 11.5 Å². The van der Waals surface area contributed by atoms with Crippen molar-refractivity contribution in [3.63, 3.8) is 0 Å². The molecule has 4 aromatic rings. The third-order valence-corrected chi connectivity index (χ3v) is 5.76. The predicted octanol–water partition coefficient (Wildman–Crippen LogP) is 4.61. The summed E-state index contributed by atoms with van der Waals surface area (Å²) >= 11 is 0. The maximum Gasteiger partial charge on any atom is 0.270 e. The Hall–Kier alpha value is -4.12. The van der Waals surface area contributed by atoms with E-state index in [1.807, 2.05) is 0 Å². The van der Waals surface area contributed by atoms with Crippen molar-refractivity contribution in [1.29, 1.82) is 0 Å². The predicted molar refractivity (Wildman–Crippen MR) is 132 cm³/mol. The lowest BCUT2D eigenvalue weighted by atomic mass is 10.1. The molecular formula is C27H26F4N4O3. The first-order chi connectivity index (χ1) is 17.9. The van der Waals surface area contributed by atoms with Gasteiger partial charge in [-0.3, -0.25) is 9.20 Å². The molecule has 2 heterocycles. The first-order valence-corrected chi connectivity index (χ1v) is 11.6. The minimum Gasteiger partial charge on any atom is -0.492 e. The number of fused-ring (bicyclic) bond motifs is 1. The summed E-state index contributed by atoms with van der Waals surface area (Å²) in [6.07, 6.45) is 1.69. The molecule has 0 saturated carbocycles. The van der Waals surface area contributed by atoms with E-state index in [4.69, 9.17) is 15.2 Å². The second-order valence-corrected chi connectivity index (χ2v) is 9.31. The number of amides is 1. The number of nitrogens with one attached hydrogen (secondary N) is 1. The summed E-state index contributed by atoms with van der Waals surface area (Å²) in [5.41, 5.74) is 6.60. The van der Waals surface area contributed by atoms with Crippen LogP contribution in [0.3, 0.4) is 0 Å². The Morgan fingerprint density at radius 1 is 1.03 bits per heavy atom. The molecule has 3 N–H and O–H groups in total. The van der Waals surface area contributed by atoms with Crippen LogP contribution < -0.4 is 20.5 Å². The fourth-order valence-electron chi connectivity index (χ4n) is 3.79. The van der Waals surface area contributed by atoms with E-state index in [1.54, 1.807) is 37.4 Å². The van der Waals surface area contributed by atoms with Crippen LogP contribution in [0.1, 0.15) is 34.2 Å². The molecule has 38 heavy (non-hydrogen) atoms. The summed E-state index contributed by atoms with van der Waals surface area (Å²) in [6.45, 7) is 4.59. The molecule has 0 aliphatic heterocycles. The zero-order chi connectivity index (χ0) is 27.6. The Bertz CT molecular complexity index is 1480. The molecule has 1 amide bonds. The molecule has 0 spiro atoms. The van der Waals surface area contributed by atoms with Crippen LogP contribution in [0.2, 0.25) is 0 Å². The third-order valence-electron chi connectivity index (χ3n) is 5.76. The third kappa shape index (κ3) is 5.88. The van der Waals surface area contributed by atoms with E-state index in [0.717, 1.165) is 29.8 Å². The summed E-state index contributed by atoms with van der Waals surface area (Å²) in [5.74, 6) is -3.63. The average molecular weight is 531 g/mol. The lowest BCUT2D eigenvalue weighted by Gasteiger charge is -2.25. The lowest BCUT2D eigenvalue weighted by molar-refractivity contribution is 0.0931. The normalized spacial score (nSPS) is 12.8. The molecule has 7 nitrogen and oxygen atoms in total. The summed E-state index contributed by atoms with van der Waals surface area (Å²) in [7, 11) is 0. The number of aromatic nitrogens is 2. The van der Waals surface area contributed by atoms with Crippen molar-refractivity contribution >= 4 is 11.6 Å². The fraction of sp³-hybridized carbons (Fsp3) is 0.259. The highest BCUT2D eigenvalue weighted by atomic mass is 19.2. The number of nitrogens with zero attached hydrogens (tertiary/aromatic N) is 2. The number of aryl methyl sites for hydroxylation is 2. The number of halogens is 4. The van der Waals surface area contributed by atoms with Gasteiger partial charge in [0.1, 0.15) is 36.3 Å². The quantitative estimate of drug-likeness (QED) is 0.309. The van der Waals surface area contributed by atoms with E-state index in [0.29, 0.717) is 11.3 Å². The SMILES string of the molecule is Cc1cc(OCc2c(F)cccc2F)c2nc(C)c(C(=O)NCC(C)(N)COc3ccc(F)c(F)c3)n2c1. The van der Waals surface area contributed by atoms with Crippen LogP contribution in [0.4, 0.5) is 17.6 Å². The van der Waals surface area contributed by atoms with Crippen LogP contribution in [0.5, 0.6) is 11.5 Å². The van der Waals surface area contributed by atoms with Gasteiger partial charge in [0.05, 0.1) is 16.8 Å². The number of carbonyl (C=O) groups is 1. The van der Waals surface area contributed by atoms with Gasteiger partial charge in [-0.2, -0.15) is 0 Å². The molecule has 200 valence electrons. The minimum atomic E-state index is -1.05. The zero-order valence-corrected chi connectivity index (χ0v) is 20.9. The molecule has 0 fully saturated rings. The van der Waals surface area contributed by atoms with Crippen LogP contribution >= 0.6 is 0 Å². The van der Waals surface area contributed by atoms with Crippen molar-refractivity contribution in [2.24, 2.45) is 5.73 Å². The van der Waals surface area contributed by atoms with E-state index < -0.39 is 34.7 Å². The van der Waals surface area contributed by atoms with Gasteiger partial charge in [-0.25, -0.2) is 22.5 Å². The maximum atomic E-state index is 14.0. The Kier molecular flexibility index (Phi) is 7.58. The second-order valence-electron chi connectivity index (χ2n) is 9.31. The molecule has 0 aliphatic rings. The number of benzene rings is 2. The smallest absolute Gasteiger partial charge is 0.270 e. The van der Waals surface area contributed by atoms with Gasteiger partial charge < -0.3 is 20.5 Å². The summed E-state index contributed by atoms with van der Waals surface area (Å²) in [4.78, 5) is 17.6. The molecule has 0 saturated heterocycles. The van der Waals surface area contributed by atoms with Crippen LogP contribution in [0.25, 0.3) is 5.65 Å². The minimum absolute atomic E-state index is 0.0100. The fourth-order valence-corrected chi connectivity index (χ4v) is 3.79. The number of pyridine rings is 1. The largest absolute Gasteiger partial charge is 0.492 e. The molecule has 2 aromatic carbocycles. The number of hydrogen-bond donors (Lipinski definition) is 2. The van der Waals surface area contributed by atoms with Crippen molar-refractivity contribution < 1.29 is 31.8 Å². The van der Waals surface area contributed by atoms with Gasteiger partial charge in [-0.1, -0.05) is 6.07 Å². The van der Waals surface area contributed by atoms with Gasteiger partial charge in [-0.15, -0.1) is 0 Å². The number of ether oxygens (including phenoxy) is 2. The Morgan fingerprint density at radius 3 is 2.42 bits per heavy atom. The second kappa shape index (κ2) is 10.7. The van der Waals surface area contributed by atoms with Gasteiger partial charge in [0.2, 0.25) is 0 Å². The van der Waals surface area contributed by atoms with E-state index in [-0.39, 0.29) is 42.5 Å². The van der Waals surface area contributed by atoms with Crippen molar-refractivity contribution in [3.05, 3.63) is 94.4 Å². The number of rotatable bonds is 9. The monoisotopic (exact) mass is 530 g/mol. The van der Waals surface area contributed by atoms with Gasteiger partial charge in [0.15, 0.2) is 23.0 Å². The summed E-state index contributed by atoms with van der Waals surface area (Å²) in [6, 6.07) is 8.35. The molecule has 11 heteroatoms. The highest BCUT2D eigenvalue weighted by Crippen LogP contribution is 2.26. The summed E-state index contributed by atoms with van der Waals surface area (Å²) in [5, 5.41) is 2.75. The van der Waals surface area contributed by atoms with Gasteiger partial charge in [0, 0.05) is 18.8 Å². The molecule has 0 aliphatic carbocycles. The van der Waals surface area contributed by atoms with E-state index in [9.17, 15) is 22.4 Å². The van der Waals surface area contributed by atoms with E-state index in [1.165, 1.54) is 12.1 Å².